The van der Waals surface area contributed by atoms with Gasteiger partial charge in [0, 0.05) is 18.8 Å². The smallest absolute Gasteiger partial charge is 0.253 e. The van der Waals surface area contributed by atoms with E-state index in [2.05, 4.69) is 5.32 Å². The average molecular weight is 329 g/mol. The molecule has 1 aromatic rings. The zero-order valence-electron chi connectivity index (χ0n) is 12.9. The molecule has 1 fully saturated rings. The van der Waals surface area contributed by atoms with Crippen molar-refractivity contribution in [2.45, 2.75) is 44.9 Å². The van der Waals surface area contributed by atoms with Crippen LogP contribution in [-0.2, 0) is 20.8 Å². The molecule has 124 valence electrons. The first kappa shape index (κ1) is 18.9. The molecule has 0 spiro atoms. The Morgan fingerprint density at radius 2 is 2.14 bits per heavy atom. The summed E-state index contributed by atoms with van der Waals surface area (Å²) >= 11 is 0. The highest BCUT2D eigenvalue weighted by atomic mass is 35.5. The molecule has 0 saturated carbocycles. The summed E-state index contributed by atoms with van der Waals surface area (Å²) in [6.45, 7) is 3.52. The fourth-order valence-corrected chi connectivity index (χ4v) is 2.23. The summed E-state index contributed by atoms with van der Waals surface area (Å²) in [4.78, 5) is 12.0. The number of nitrogens with one attached hydrogen (secondary N) is 1. The SMILES string of the molecule is CC(OCC1CCCCO1)C(=O)Nc1ccc(CN)cc1.Cl. The second-order valence-corrected chi connectivity index (χ2v) is 5.35. The number of anilines is 1. The summed E-state index contributed by atoms with van der Waals surface area (Å²) in [6.07, 6.45) is 2.92. The van der Waals surface area contributed by atoms with Crippen LogP contribution in [0, 0.1) is 0 Å². The van der Waals surface area contributed by atoms with Crippen molar-refractivity contribution in [2.24, 2.45) is 5.73 Å². The number of hydrogen-bond donors (Lipinski definition) is 2. The minimum atomic E-state index is -0.496. The van der Waals surface area contributed by atoms with Crippen LogP contribution < -0.4 is 11.1 Å². The van der Waals surface area contributed by atoms with Gasteiger partial charge in [-0.2, -0.15) is 0 Å². The molecule has 0 bridgehead atoms. The van der Waals surface area contributed by atoms with E-state index in [9.17, 15) is 4.79 Å². The van der Waals surface area contributed by atoms with Crippen LogP contribution in [0.4, 0.5) is 5.69 Å². The molecule has 6 heteroatoms. The first-order valence-corrected chi connectivity index (χ1v) is 7.52. The summed E-state index contributed by atoms with van der Waals surface area (Å²) < 4.78 is 11.2. The summed E-state index contributed by atoms with van der Waals surface area (Å²) in [6, 6.07) is 7.49. The van der Waals surface area contributed by atoms with Gasteiger partial charge in [-0.1, -0.05) is 12.1 Å². The minimum Gasteiger partial charge on any atom is -0.376 e. The Balaban J connectivity index is 0.00000242. The molecular formula is C16H25ClN2O3. The molecule has 5 nitrogen and oxygen atoms in total. The number of rotatable bonds is 6. The van der Waals surface area contributed by atoms with Gasteiger partial charge in [0.05, 0.1) is 12.7 Å². The molecule has 1 saturated heterocycles. The van der Waals surface area contributed by atoms with Gasteiger partial charge in [-0.15, -0.1) is 12.4 Å². The monoisotopic (exact) mass is 328 g/mol. The van der Waals surface area contributed by atoms with E-state index in [0.717, 1.165) is 30.7 Å². The third-order valence-corrected chi connectivity index (χ3v) is 3.63. The number of ether oxygens (including phenoxy) is 2. The molecule has 2 atom stereocenters. The predicted octanol–water partition coefficient (Wildman–Crippen LogP) is 2.48. The van der Waals surface area contributed by atoms with Crippen molar-refractivity contribution in [3.63, 3.8) is 0 Å². The van der Waals surface area contributed by atoms with Crippen molar-refractivity contribution < 1.29 is 14.3 Å². The Morgan fingerprint density at radius 1 is 1.41 bits per heavy atom. The molecule has 1 heterocycles. The van der Waals surface area contributed by atoms with Crippen LogP contribution in [-0.4, -0.2) is 31.3 Å². The highest BCUT2D eigenvalue weighted by Crippen LogP contribution is 2.14. The van der Waals surface area contributed by atoms with Crippen LogP contribution in [0.25, 0.3) is 0 Å². The van der Waals surface area contributed by atoms with Gasteiger partial charge >= 0.3 is 0 Å². The Bertz CT molecular complexity index is 447. The predicted molar refractivity (Wildman–Crippen MR) is 89.2 cm³/mol. The lowest BCUT2D eigenvalue weighted by atomic mass is 10.1. The van der Waals surface area contributed by atoms with E-state index in [1.165, 1.54) is 6.42 Å². The van der Waals surface area contributed by atoms with Crippen LogP contribution in [0.1, 0.15) is 31.7 Å². The number of halogens is 1. The standard InChI is InChI=1S/C16H24N2O3.ClH/c1-12(21-11-15-4-2-3-9-20-15)16(19)18-14-7-5-13(10-17)6-8-14;/h5-8,12,15H,2-4,9-11,17H2,1H3,(H,18,19);1H. The lowest BCUT2D eigenvalue weighted by Crippen LogP contribution is -2.32. The highest BCUT2D eigenvalue weighted by molar-refractivity contribution is 5.93. The van der Waals surface area contributed by atoms with Gasteiger partial charge in [0.1, 0.15) is 6.10 Å². The second kappa shape index (κ2) is 9.79. The maximum Gasteiger partial charge on any atom is 0.253 e. The second-order valence-electron chi connectivity index (χ2n) is 5.35. The molecule has 0 aliphatic carbocycles. The van der Waals surface area contributed by atoms with E-state index in [4.69, 9.17) is 15.2 Å². The van der Waals surface area contributed by atoms with Gasteiger partial charge in [-0.3, -0.25) is 4.79 Å². The van der Waals surface area contributed by atoms with E-state index in [1.54, 1.807) is 6.92 Å². The normalized spacial score (nSPS) is 19.1. The first-order valence-electron chi connectivity index (χ1n) is 7.52. The molecule has 2 unspecified atom stereocenters. The number of carbonyl (C=O) groups excluding carboxylic acids is 1. The molecule has 3 N–H and O–H groups in total. The van der Waals surface area contributed by atoms with E-state index < -0.39 is 6.10 Å². The Kier molecular flexibility index (Phi) is 8.42. The van der Waals surface area contributed by atoms with Crippen molar-refractivity contribution in [1.29, 1.82) is 0 Å². The average Bonchev–Trinajstić information content (AvgIpc) is 2.54. The van der Waals surface area contributed by atoms with E-state index >= 15 is 0 Å². The Hall–Kier alpha value is -1.14. The Labute approximate surface area is 138 Å². The molecule has 2 rings (SSSR count). The quantitative estimate of drug-likeness (QED) is 0.841. The summed E-state index contributed by atoms with van der Waals surface area (Å²) in [5.74, 6) is -0.147. The zero-order valence-corrected chi connectivity index (χ0v) is 13.7. The molecule has 22 heavy (non-hydrogen) atoms. The van der Waals surface area contributed by atoms with Crippen molar-refractivity contribution in [3.05, 3.63) is 29.8 Å². The van der Waals surface area contributed by atoms with E-state index in [-0.39, 0.29) is 24.4 Å². The first-order chi connectivity index (χ1) is 10.2. The van der Waals surface area contributed by atoms with Gasteiger partial charge in [0.25, 0.3) is 5.91 Å². The van der Waals surface area contributed by atoms with E-state index in [0.29, 0.717) is 13.2 Å². The molecule has 1 aromatic carbocycles. The lowest BCUT2D eigenvalue weighted by Gasteiger charge is -2.23. The van der Waals surface area contributed by atoms with Gasteiger partial charge in [0.15, 0.2) is 0 Å². The Morgan fingerprint density at radius 3 is 2.73 bits per heavy atom. The number of hydrogen-bond acceptors (Lipinski definition) is 4. The zero-order chi connectivity index (χ0) is 15.1. The summed E-state index contributed by atoms with van der Waals surface area (Å²) in [5, 5.41) is 2.84. The van der Waals surface area contributed by atoms with Crippen LogP contribution in [0.3, 0.4) is 0 Å². The minimum absolute atomic E-state index is 0. The topological polar surface area (TPSA) is 73.6 Å². The number of amides is 1. The van der Waals surface area contributed by atoms with Gasteiger partial charge < -0.3 is 20.5 Å². The highest BCUT2D eigenvalue weighted by Gasteiger charge is 2.18. The number of carbonyl (C=O) groups is 1. The largest absolute Gasteiger partial charge is 0.376 e. The van der Waals surface area contributed by atoms with Crippen molar-refractivity contribution in [3.8, 4) is 0 Å². The molecular weight excluding hydrogens is 304 g/mol. The summed E-state index contributed by atoms with van der Waals surface area (Å²) in [7, 11) is 0. The van der Waals surface area contributed by atoms with Gasteiger partial charge in [-0.05, 0) is 43.9 Å². The van der Waals surface area contributed by atoms with E-state index in [1.807, 2.05) is 24.3 Å². The fraction of sp³-hybridized carbons (Fsp3) is 0.562. The van der Waals surface area contributed by atoms with Crippen molar-refractivity contribution >= 4 is 24.0 Å². The van der Waals surface area contributed by atoms with Crippen LogP contribution in [0.2, 0.25) is 0 Å². The number of benzene rings is 1. The van der Waals surface area contributed by atoms with Crippen LogP contribution in [0.5, 0.6) is 0 Å². The van der Waals surface area contributed by atoms with Gasteiger partial charge in [-0.25, -0.2) is 0 Å². The molecule has 0 radical (unpaired) electrons. The maximum atomic E-state index is 12.0. The summed E-state index contributed by atoms with van der Waals surface area (Å²) in [5.41, 5.74) is 7.33. The van der Waals surface area contributed by atoms with Crippen LogP contribution >= 0.6 is 12.4 Å². The van der Waals surface area contributed by atoms with Crippen LogP contribution in [0.15, 0.2) is 24.3 Å². The third kappa shape index (κ3) is 5.93. The maximum absolute atomic E-state index is 12.0. The molecule has 1 aliphatic heterocycles. The van der Waals surface area contributed by atoms with Crippen molar-refractivity contribution in [1.82, 2.24) is 0 Å². The van der Waals surface area contributed by atoms with Gasteiger partial charge in [0.2, 0.25) is 0 Å². The molecule has 0 aromatic heterocycles. The molecule has 1 amide bonds. The van der Waals surface area contributed by atoms with Crippen molar-refractivity contribution in [2.75, 3.05) is 18.5 Å². The molecule has 1 aliphatic rings. The lowest BCUT2D eigenvalue weighted by molar-refractivity contribution is -0.130. The fourth-order valence-electron chi connectivity index (χ4n) is 2.23. The third-order valence-electron chi connectivity index (χ3n) is 3.63. The number of nitrogens with two attached hydrogens (primary N) is 1.